The molecule has 1 amide bonds. The van der Waals surface area contributed by atoms with Crippen molar-refractivity contribution in [3.63, 3.8) is 0 Å². The van der Waals surface area contributed by atoms with Gasteiger partial charge >= 0.3 is 12.1 Å². The van der Waals surface area contributed by atoms with Crippen LogP contribution in [0.3, 0.4) is 0 Å². The molecule has 0 saturated heterocycles. The van der Waals surface area contributed by atoms with Crippen LogP contribution in [-0.2, 0) is 33.8 Å². The van der Waals surface area contributed by atoms with E-state index < -0.39 is 12.1 Å². The molecule has 0 aliphatic carbocycles. The van der Waals surface area contributed by atoms with Crippen molar-refractivity contribution in [3.05, 3.63) is 108 Å². The van der Waals surface area contributed by atoms with Gasteiger partial charge in [0.05, 0.1) is 18.9 Å². The molecule has 0 spiro atoms. The molecule has 3 aromatic carbocycles. The van der Waals surface area contributed by atoms with E-state index in [0.29, 0.717) is 24.7 Å². The van der Waals surface area contributed by atoms with E-state index in [9.17, 15) is 9.59 Å². The van der Waals surface area contributed by atoms with E-state index in [1.54, 1.807) is 6.92 Å². The highest BCUT2D eigenvalue weighted by Crippen LogP contribution is 2.22. The van der Waals surface area contributed by atoms with E-state index in [4.69, 9.17) is 18.6 Å². The summed E-state index contributed by atoms with van der Waals surface area (Å²) >= 11 is 0. The normalized spacial score (nSPS) is 10.6. The van der Waals surface area contributed by atoms with Gasteiger partial charge in [0.2, 0.25) is 5.89 Å². The van der Waals surface area contributed by atoms with Gasteiger partial charge in [-0.15, -0.1) is 0 Å². The first-order valence-electron chi connectivity index (χ1n) is 12.9. The lowest BCUT2D eigenvalue weighted by molar-refractivity contribution is -0.144. The maximum absolute atomic E-state index is 12.8. The standard InChI is InChI=1S/C31H32N2O6/c1-3-36-29(34)21-33(31(35)38-22-25-10-6-4-7-11-25)20-24-14-16-27(17-15-24)37-19-18-28-23(2)39-30(32-28)26-12-8-5-9-13-26/h4-17H,3,18-22H2,1-2H3. The third kappa shape index (κ3) is 8.20. The van der Waals surface area contributed by atoms with Crippen LogP contribution in [0.25, 0.3) is 11.5 Å². The molecular weight excluding hydrogens is 496 g/mol. The maximum Gasteiger partial charge on any atom is 0.410 e. The Hall–Kier alpha value is -4.59. The molecule has 0 fully saturated rings. The first-order valence-corrected chi connectivity index (χ1v) is 12.9. The van der Waals surface area contributed by atoms with Gasteiger partial charge in [-0.2, -0.15) is 0 Å². The predicted molar refractivity (Wildman–Crippen MR) is 146 cm³/mol. The van der Waals surface area contributed by atoms with Crippen LogP contribution in [0.4, 0.5) is 4.79 Å². The number of amides is 1. The van der Waals surface area contributed by atoms with Gasteiger partial charge < -0.3 is 18.6 Å². The van der Waals surface area contributed by atoms with Crippen LogP contribution in [0.5, 0.6) is 5.75 Å². The fourth-order valence-corrected chi connectivity index (χ4v) is 3.90. The van der Waals surface area contributed by atoms with E-state index in [2.05, 4.69) is 4.98 Å². The molecule has 0 N–H and O–H groups in total. The monoisotopic (exact) mass is 528 g/mol. The third-order valence-corrected chi connectivity index (χ3v) is 5.91. The number of carbonyl (C=O) groups excluding carboxylic acids is 2. The van der Waals surface area contributed by atoms with Crippen molar-refractivity contribution in [1.82, 2.24) is 9.88 Å². The van der Waals surface area contributed by atoms with Gasteiger partial charge in [-0.05, 0) is 49.2 Å². The Morgan fingerprint density at radius 2 is 1.56 bits per heavy atom. The smallest absolute Gasteiger partial charge is 0.410 e. The van der Waals surface area contributed by atoms with Crippen molar-refractivity contribution < 1.29 is 28.2 Å². The van der Waals surface area contributed by atoms with Crippen LogP contribution in [0, 0.1) is 6.92 Å². The van der Waals surface area contributed by atoms with E-state index in [1.165, 1.54) is 4.90 Å². The minimum atomic E-state index is -0.593. The third-order valence-electron chi connectivity index (χ3n) is 5.91. The van der Waals surface area contributed by atoms with Crippen molar-refractivity contribution in [3.8, 4) is 17.2 Å². The first-order chi connectivity index (χ1) is 19.0. The molecule has 0 saturated carbocycles. The van der Waals surface area contributed by atoms with Crippen molar-refractivity contribution in [2.45, 2.75) is 33.4 Å². The molecule has 4 rings (SSSR count). The van der Waals surface area contributed by atoms with Crippen LogP contribution < -0.4 is 4.74 Å². The second-order valence-corrected chi connectivity index (χ2v) is 8.83. The lowest BCUT2D eigenvalue weighted by Crippen LogP contribution is -2.36. The topological polar surface area (TPSA) is 91.1 Å². The summed E-state index contributed by atoms with van der Waals surface area (Å²) in [6, 6.07) is 26.5. The zero-order chi connectivity index (χ0) is 27.5. The molecule has 0 radical (unpaired) electrons. The Labute approximate surface area is 228 Å². The first kappa shape index (κ1) is 27.4. The van der Waals surface area contributed by atoms with Crippen LogP contribution in [0.15, 0.2) is 89.3 Å². The summed E-state index contributed by atoms with van der Waals surface area (Å²) in [4.78, 5) is 30.8. The maximum atomic E-state index is 12.8. The Morgan fingerprint density at radius 3 is 2.26 bits per heavy atom. The molecule has 0 aliphatic rings. The quantitative estimate of drug-likeness (QED) is 0.209. The molecule has 0 unspecified atom stereocenters. The minimum absolute atomic E-state index is 0.115. The molecule has 1 heterocycles. The average Bonchev–Trinajstić information content (AvgIpc) is 3.33. The van der Waals surface area contributed by atoms with Crippen molar-refractivity contribution >= 4 is 12.1 Å². The summed E-state index contributed by atoms with van der Waals surface area (Å²) in [7, 11) is 0. The van der Waals surface area contributed by atoms with E-state index in [-0.39, 0.29) is 26.3 Å². The molecule has 8 nitrogen and oxygen atoms in total. The minimum Gasteiger partial charge on any atom is -0.493 e. The Kier molecular flexibility index (Phi) is 9.72. The highest BCUT2D eigenvalue weighted by molar-refractivity contribution is 5.78. The van der Waals surface area contributed by atoms with Crippen LogP contribution in [0.2, 0.25) is 0 Å². The lowest BCUT2D eigenvalue weighted by atomic mass is 10.2. The number of benzene rings is 3. The zero-order valence-electron chi connectivity index (χ0n) is 22.2. The van der Waals surface area contributed by atoms with Gasteiger partial charge in [0, 0.05) is 18.5 Å². The number of esters is 1. The van der Waals surface area contributed by atoms with Crippen LogP contribution in [0.1, 0.15) is 29.5 Å². The molecule has 4 aromatic rings. The number of aryl methyl sites for hydroxylation is 1. The molecule has 0 atom stereocenters. The lowest BCUT2D eigenvalue weighted by Gasteiger charge is -2.21. The number of oxazole rings is 1. The summed E-state index contributed by atoms with van der Waals surface area (Å²) in [6.45, 7) is 4.39. The predicted octanol–water partition coefficient (Wildman–Crippen LogP) is 5.97. The number of rotatable bonds is 12. The van der Waals surface area contributed by atoms with E-state index >= 15 is 0 Å². The fourth-order valence-electron chi connectivity index (χ4n) is 3.90. The molecule has 1 aromatic heterocycles. The number of nitrogens with zero attached hydrogens (tertiary/aromatic N) is 2. The number of hydrogen-bond acceptors (Lipinski definition) is 7. The summed E-state index contributed by atoms with van der Waals surface area (Å²) < 4.78 is 22.2. The molecule has 202 valence electrons. The van der Waals surface area contributed by atoms with Gasteiger partial charge in [-0.3, -0.25) is 9.69 Å². The summed E-state index contributed by atoms with van der Waals surface area (Å²) in [5.41, 5.74) is 3.47. The highest BCUT2D eigenvalue weighted by atomic mass is 16.6. The summed E-state index contributed by atoms with van der Waals surface area (Å²) in [5, 5.41) is 0. The number of aromatic nitrogens is 1. The molecular formula is C31H32N2O6. The van der Waals surface area contributed by atoms with Gasteiger partial charge in [0.15, 0.2) is 0 Å². The van der Waals surface area contributed by atoms with Gasteiger partial charge in [-0.25, -0.2) is 9.78 Å². The Balaban J connectivity index is 1.31. The average molecular weight is 529 g/mol. The van der Waals surface area contributed by atoms with Crippen LogP contribution >= 0.6 is 0 Å². The summed E-state index contributed by atoms with van der Waals surface area (Å²) in [5.74, 6) is 1.57. The fraction of sp³-hybridized carbons (Fsp3) is 0.258. The number of carbonyl (C=O) groups is 2. The Morgan fingerprint density at radius 1 is 0.872 bits per heavy atom. The SMILES string of the molecule is CCOC(=O)CN(Cc1ccc(OCCc2nc(-c3ccccc3)oc2C)cc1)C(=O)OCc1ccccc1. The molecule has 0 bridgehead atoms. The van der Waals surface area contributed by atoms with Gasteiger partial charge in [-0.1, -0.05) is 60.7 Å². The second-order valence-electron chi connectivity index (χ2n) is 8.83. The Bertz CT molecular complexity index is 1340. The summed E-state index contributed by atoms with van der Waals surface area (Å²) in [6.07, 6.45) is 0.00917. The highest BCUT2D eigenvalue weighted by Gasteiger charge is 2.20. The second kappa shape index (κ2) is 13.8. The van der Waals surface area contributed by atoms with Crippen molar-refractivity contribution in [1.29, 1.82) is 0 Å². The van der Waals surface area contributed by atoms with Gasteiger partial charge in [0.25, 0.3) is 0 Å². The zero-order valence-corrected chi connectivity index (χ0v) is 22.2. The van der Waals surface area contributed by atoms with E-state index in [1.807, 2.05) is 91.9 Å². The van der Waals surface area contributed by atoms with Crippen LogP contribution in [-0.4, -0.2) is 41.7 Å². The van der Waals surface area contributed by atoms with Gasteiger partial charge in [0.1, 0.15) is 24.7 Å². The largest absolute Gasteiger partial charge is 0.493 e. The molecule has 39 heavy (non-hydrogen) atoms. The number of hydrogen-bond donors (Lipinski definition) is 0. The van der Waals surface area contributed by atoms with Crippen molar-refractivity contribution in [2.75, 3.05) is 19.8 Å². The molecule has 0 aliphatic heterocycles. The molecule has 8 heteroatoms. The van der Waals surface area contributed by atoms with E-state index in [0.717, 1.165) is 28.1 Å². The number of ether oxygens (including phenoxy) is 3. The van der Waals surface area contributed by atoms with Crippen molar-refractivity contribution in [2.24, 2.45) is 0 Å².